The summed E-state index contributed by atoms with van der Waals surface area (Å²) in [7, 11) is -5.43. The molecule has 1 aromatic rings. The average molecular weight is 434 g/mol. The summed E-state index contributed by atoms with van der Waals surface area (Å²) in [4.78, 5) is 10.5. The molecule has 8 nitrogen and oxygen atoms in total. The third kappa shape index (κ3) is 5.94. The monoisotopic (exact) mass is 434 g/mol. The lowest BCUT2D eigenvalue weighted by atomic mass is 10.1. The highest BCUT2D eigenvalue weighted by Crippen LogP contribution is 2.64. The van der Waals surface area contributed by atoms with Crippen LogP contribution in [0.25, 0.3) is 0 Å². The number of rotatable bonds is 11. The number of hydrogen-bond donors (Lipinski definition) is 1. The fourth-order valence-corrected chi connectivity index (χ4v) is 5.62. The Morgan fingerprint density at radius 3 is 1.89 bits per heavy atom. The van der Waals surface area contributed by atoms with Gasteiger partial charge in [-0.1, -0.05) is 13.8 Å². The molecule has 1 aromatic carbocycles. The largest absolute Gasteiger partial charge is 0.355 e. The van der Waals surface area contributed by atoms with Gasteiger partial charge in [-0.15, -0.1) is 0 Å². The van der Waals surface area contributed by atoms with Gasteiger partial charge in [0, 0.05) is 12.1 Å². The van der Waals surface area contributed by atoms with Crippen LogP contribution in [0.2, 0.25) is 0 Å². The van der Waals surface area contributed by atoms with Crippen molar-refractivity contribution >= 4 is 24.3 Å². The molecule has 28 heavy (non-hydrogen) atoms. The molecule has 1 unspecified atom stereocenters. The first-order valence-electron chi connectivity index (χ1n) is 9.25. The maximum Gasteiger partial charge on any atom is 0.355 e. The van der Waals surface area contributed by atoms with Gasteiger partial charge in [0.05, 0.1) is 33.9 Å². The zero-order chi connectivity index (χ0) is 21.6. The number of nitro benzene ring substituents is 1. The van der Waals surface area contributed by atoms with Crippen LogP contribution in [-0.2, 0) is 29.9 Å². The molecule has 0 heterocycles. The highest BCUT2D eigenvalue weighted by molar-refractivity contribution is 7.84. The van der Waals surface area contributed by atoms with Crippen molar-refractivity contribution in [3.8, 4) is 0 Å². The van der Waals surface area contributed by atoms with Crippen LogP contribution in [-0.4, -0.2) is 27.1 Å². The summed E-state index contributed by atoms with van der Waals surface area (Å²) < 4.78 is 40.4. The topological polar surface area (TPSA) is 108 Å². The second-order valence-electron chi connectivity index (χ2n) is 7.52. The van der Waals surface area contributed by atoms with Gasteiger partial charge in [0.2, 0.25) is 0 Å². The van der Waals surface area contributed by atoms with E-state index in [1.807, 2.05) is 13.8 Å². The fourth-order valence-electron chi connectivity index (χ4n) is 2.23. The molecular formula is C18H31N2O6PS. The van der Waals surface area contributed by atoms with E-state index in [4.69, 9.17) is 9.05 Å². The minimum absolute atomic E-state index is 0.0955. The van der Waals surface area contributed by atoms with Crippen LogP contribution in [0.1, 0.15) is 59.9 Å². The second-order valence-corrected chi connectivity index (χ2v) is 11.9. The Labute approximate surface area is 169 Å². The molecule has 10 heteroatoms. The maximum absolute atomic E-state index is 13.9. The van der Waals surface area contributed by atoms with Gasteiger partial charge in [-0.3, -0.25) is 14.7 Å². The summed E-state index contributed by atoms with van der Waals surface area (Å²) in [5, 5.41) is 9.53. The van der Waals surface area contributed by atoms with Crippen LogP contribution < -0.4 is 4.72 Å². The SMILES string of the molecule is CCCOP(=O)(OCCC)[C@@](C)(NS(=O)C(C)(C)C)c1ccc([N+](=O)[O-])cc1. The molecule has 0 spiro atoms. The van der Waals surface area contributed by atoms with Crippen molar-refractivity contribution < 1.29 is 22.7 Å². The molecule has 0 aromatic heterocycles. The van der Waals surface area contributed by atoms with Crippen LogP contribution in [0, 0.1) is 10.1 Å². The van der Waals surface area contributed by atoms with E-state index in [9.17, 15) is 18.9 Å². The molecule has 0 bridgehead atoms. The minimum atomic E-state index is -3.83. The van der Waals surface area contributed by atoms with Gasteiger partial charge in [-0.25, -0.2) is 8.93 Å². The van der Waals surface area contributed by atoms with Crippen molar-refractivity contribution in [2.45, 2.75) is 64.4 Å². The van der Waals surface area contributed by atoms with E-state index in [-0.39, 0.29) is 18.9 Å². The minimum Gasteiger partial charge on any atom is -0.307 e. The summed E-state index contributed by atoms with van der Waals surface area (Å²) >= 11 is 0. The Morgan fingerprint density at radius 2 is 1.54 bits per heavy atom. The lowest BCUT2D eigenvalue weighted by molar-refractivity contribution is -0.384. The van der Waals surface area contributed by atoms with Crippen LogP contribution in [0.4, 0.5) is 5.69 Å². The summed E-state index contributed by atoms with van der Waals surface area (Å²) in [6.07, 6.45) is 1.25. The van der Waals surface area contributed by atoms with Crippen molar-refractivity contribution in [1.82, 2.24) is 4.72 Å². The fraction of sp³-hybridized carbons (Fsp3) is 0.667. The Balaban J connectivity index is 3.52. The van der Waals surface area contributed by atoms with Crippen molar-refractivity contribution in [3.05, 3.63) is 39.9 Å². The van der Waals surface area contributed by atoms with Crippen molar-refractivity contribution in [3.63, 3.8) is 0 Å². The van der Waals surface area contributed by atoms with E-state index in [0.717, 1.165) is 0 Å². The normalized spacial score (nSPS) is 15.8. The van der Waals surface area contributed by atoms with E-state index in [1.165, 1.54) is 24.3 Å². The molecule has 0 aliphatic rings. The number of benzene rings is 1. The molecule has 1 rings (SSSR count). The Bertz CT molecular complexity index is 723. The van der Waals surface area contributed by atoms with E-state index in [1.54, 1.807) is 27.7 Å². The Hall–Kier alpha value is -1.12. The molecule has 0 aliphatic carbocycles. The highest BCUT2D eigenvalue weighted by Gasteiger charge is 2.51. The third-order valence-corrected chi connectivity index (χ3v) is 8.33. The van der Waals surface area contributed by atoms with Crippen LogP contribution >= 0.6 is 7.60 Å². The predicted octanol–water partition coefficient (Wildman–Crippen LogP) is 4.87. The molecule has 2 atom stereocenters. The molecule has 0 radical (unpaired) electrons. The van der Waals surface area contributed by atoms with Gasteiger partial charge >= 0.3 is 7.60 Å². The molecule has 0 saturated heterocycles. The van der Waals surface area contributed by atoms with E-state index < -0.39 is 33.5 Å². The average Bonchev–Trinajstić information content (AvgIpc) is 2.63. The summed E-state index contributed by atoms with van der Waals surface area (Å²) in [5.74, 6) is 0. The lowest BCUT2D eigenvalue weighted by Gasteiger charge is -2.38. The Morgan fingerprint density at radius 1 is 1.07 bits per heavy atom. The first kappa shape index (κ1) is 24.9. The number of nitrogens with one attached hydrogen (secondary N) is 1. The lowest BCUT2D eigenvalue weighted by Crippen LogP contribution is -2.46. The Kier molecular flexibility index (Phi) is 8.96. The number of nitro groups is 1. The van der Waals surface area contributed by atoms with Crippen molar-refractivity contribution in [2.24, 2.45) is 0 Å². The van der Waals surface area contributed by atoms with E-state index in [2.05, 4.69) is 4.72 Å². The number of nitrogens with zero attached hydrogens (tertiary/aromatic N) is 1. The number of hydrogen-bond acceptors (Lipinski definition) is 6. The van der Waals surface area contributed by atoms with Crippen molar-refractivity contribution in [1.29, 1.82) is 0 Å². The molecule has 1 N–H and O–H groups in total. The summed E-state index contributed by atoms with van der Waals surface area (Å²) in [6, 6.07) is 5.61. The molecule has 160 valence electrons. The third-order valence-electron chi connectivity index (χ3n) is 3.97. The quantitative estimate of drug-likeness (QED) is 0.303. The predicted molar refractivity (Wildman–Crippen MR) is 112 cm³/mol. The van der Waals surface area contributed by atoms with Crippen LogP contribution in [0.3, 0.4) is 0 Å². The van der Waals surface area contributed by atoms with Gasteiger partial charge < -0.3 is 9.05 Å². The van der Waals surface area contributed by atoms with Gasteiger partial charge in [-0.05, 0) is 58.2 Å². The molecule has 0 fully saturated rings. The molecule has 0 saturated carbocycles. The van der Waals surface area contributed by atoms with Gasteiger partial charge in [0.1, 0.15) is 0 Å². The highest BCUT2D eigenvalue weighted by atomic mass is 32.2. The number of non-ortho nitro benzene ring substituents is 1. The molecule has 0 aliphatic heterocycles. The molecular weight excluding hydrogens is 403 g/mol. The first-order chi connectivity index (χ1) is 12.9. The van der Waals surface area contributed by atoms with E-state index in [0.29, 0.717) is 18.4 Å². The van der Waals surface area contributed by atoms with Gasteiger partial charge in [-0.2, -0.15) is 0 Å². The zero-order valence-corrected chi connectivity index (χ0v) is 19.1. The molecule has 0 amide bonds. The maximum atomic E-state index is 13.9. The standard InChI is InChI=1S/C18H31N2O6PS/c1-7-13-25-27(23,26-14-8-2)18(6,19-28(24)17(3,4)5)15-9-11-16(12-10-15)20(21)22/h9-12,19H,7-8,13-14H2,1-6H3/t18-,28?/m1/s1. The summed E-state index contributed by atoms with van der Waals surface area (Å²) in [6.45, 7) is 11.1. The smallest absolute Gasteiger partial charge is 0.307 e. The first-order valence-corrected chi connectivity index (χ1v) is 11.9. The van der Waals surface area contributed by atoms with Gasteiger partial charge in [0.25, 0.3) is 5.69 Å². The van der Waals surface area contributed by atoms with E-state index >= 15 is 0 Å². The summed E-state index contributed by atoms with van der Waals surface area (Å²) in [5.41, 5.74) is 0.341. The van der Waals surface area contributed by atoms with Crippen LogP contribution in [0.5, 0.6) is 0 Å². The van der Waals surface area contributed by atoms with Crippen molar-refractivity contribution in [2.75, 3.05) is 13.2 Å². The van der Waals surface area contributed by atoms with Gasteiger partial charge in [0.15, 0.2) is 5.28 Å². The zero-order valence-electron chi connectivity index (χ0n) is 17.4. The second kappa shape index (κ2) is 10.1. The van der Waals surface area contributed by atoms with Crippen LogP contribution in [0.15, 0.2) is 24.3 Å².